The van der Waals surface area contributed by atoms with Gasteiger partial charge in [0.1, 0.15) is 5.75 Å². The first-order valence-corrected chi connectivity index (χ1v) is 8.35. The van der Waals surface area contributed by atoms with Crippen LogP contribution >= 0.6 is 24.0 Å². The minimum absolute atomic E-state index is 0. The monoisotopic (exact) mass is 457 g/mol. The molecule has 6 nitrogen and oxygen atoms in total. The van der Waals surface area contributed by atoms with Crippen LogP contribution in [0.1, 0.15) is 30.7 Å². The summed E-state index contributed by atoms with van der Waals surface area (Å²) in [6, 6.07) is 8.19. The zero-order valence-electron chi connectivity index (χ0n) is 15.4. The molecule has 2 N–H and O–H groups in total. The summed E-state index contributed by atoms with van der Waals surface area (Å²) in [5.74, 6) is 1.73. The Morgan fingerprint density at radius 2 is 2.04 bits per heavy atom. The molecule has 0 radical (unpaired) electrons. The molecule has 0 unspecified atom stereocenters. The van der Waals surface area contributed by atoms with Gasteiger partial charge >= 0.3 is 0 Å². The molecule has 1 aromatic heterocycles. The summed E-state index contributed by atoms with van der Waals surface area (Å²) in [6.45, 7) is 8.92. The number of halogens is 1. The van der Waals surface area contributed by atoms with E-state index in [1.54, 1.807) is 6.20 Å². The number of aromatic nitrogens is 2. The molecular weight excluding hydrogens is 429 g/mol. The largest absolute Gasteiger partial charge is 0.494 e. The Balaban J connectivity index is 0.00000312. The number of rotatable bonds is 7. The van der Waals surface area contributed by atoms with E-state index in [4.69, 9.17) is 4.74 Å². The lowest BCUT2D eigenvalue weighted by Gasteiger charge is -2.12. The fourth-order valence-corrected chi connectivity index (χ4v) is 2.39. The molecular formula is C18H28IN5O. The number of guanidine groups is 1. The summed E-state index contributed by atoms with van der Waals surface area (Å²) in [7, 11) is 1.93. The molecule has 2 aromatic rings. The van der Waals surface area contributed by atoms with Gasteiger partial charge in [0.25, 0.3) is 0 Å². The Morgan fingerprint density at radius 3 is 2.64 bits per heavy atom. The van der Waals surface area contributed by atoms with Crippen LogP contribution in [-0.4, -0.2) is 28.9 Å². The van der Waals surface area contributed by atoms with E-state index in [-0.39, 0.29) is 24.0 Å². The predicted molar refractivity (Wildman–Crippen MR) is 113 cm³/mol. The summed E-state index contributed by atoms with van der Waals surface area (Å²) in [6.07, 6.45) is 1.80. The van der Waals surface area contributed by atoms with Crippen LogP contribution in [0.2, 0.25) is 0 Å². The lowest BCUT2D eigenvalue weighted by Crippen LogP contribution is -2.37. The Morgan fingerprint density at radius 1 is 1.24 bits per heavy atom. The van der Waals surface area contributed by atoms with Crippen LogP contribution < -0.4 is 15.4 Å². The van der Waals surface area contributed by atoms with Crippen molar-refractivity contribution in [3.63, 3.8) is 0 Å². The number of hydrogen-bond donors (Lipinski definition) is 2. The molecule has 1 aromatic carbocycles. The minimum Gasteiger partial charge on any atom is -0.494 e. The lowest BCUT2D eigenvalue weighted by molar-refractivity contribution is 0.338. The van der Waals surface area contributed by atoms with E-state index < -0.39 is 0 Å². The molecule has 0 fully saturated rings. The van der Waals surface area contributed by atoms with E-state index in [2.05, 4.69) is 46.7 Å². The van der Waals surface area contributed by atoms with Crippen molar-refractivity contribution in [2.75, 3.05) is 13.2 Å². The van der Waals surface area contributed by atoms with Crippen LogP contribution in [-0.2, 0) is 20.1 Å². The van der Waals surface area contributed by atoms with Crippen molar-refractivity contribution in [1.82, 2.24) is 20.4 Å². The highest BCUT2D eigenvalue weighted by atomic mass is 127. The topological polar surface area (TPSA) is 63.5 Å². The molecule has 0 amide bonds. The van der Waals surface area contributed by atoms with E-state index in [0.29, 0.717) is 19.7 Å². The van der Waals surface area contributed by atoms with E-state index in [1.165, 1.54) is 0 Å². The van der Waals surface area contributed by atoms with Gasteiger partial charge < -0.3 is 15.4 Å². The summed E-state index contributed by atoms with van der Waals surface area (Å²) >= 11 is 0. The van der Waals surface area contributed by atoms with Crippen LogP contribution in [0.15, 0.2) is 35.5 Å². The first-order chi connectivity index (χ1) is 11.6. The van der Waals surface area contributed by atoms with Gasteiger partial charge in [-0.25, -0.2) is 4.99 Å². The van der Waals surface area contributed by atoms with Crippen molar-refractivity contribution in [1.29, 1.82) is 0 Å². The van der Waals surface area contributed by atoms with Crippen LogP contribution in [0.4, 0.5) is 0 Å². The van der Waals surface area contributed by atoms with Gasteiger partial charge in [0.15, 0.2) is 5.96 Å². The van der Waals surface area contributed by atoms with Gasteiger partial charge in [-0.1, -0.05) is 12.1 Å². The van der Waals surface area contributed by atoms with Crippen LogP contribution in [0.25, 0.3) is 0 Å². The highest BCUT2D eigenvalue weighted by Gasteiger charge is 2.03. The van der Waals surface area contributed by atoms with Gasteiger partial charge in [-0.15, -0.1) is 24.0 Å². The molecule has 0 saturated carbocycles. The fourth-order valence-electron chi connectivity index (χ4n) is 2.39. The Hall–Kier alpha value is -1.77. The average Bonchev–Trinajstić information content (AvgIpc) is 2.98. The molecule has 0 aliphatic carbocycles. The number of ether oxygens (including phenoxy) is 1. The molecule has 0 saturated heterocycles. The van der Waals surface area contributed by atoms with Gasteiger partial charge in [-0.05, 0) is 44.0 Å². The lowest BCUT2D eigenvalue weighted by atomic mass is 10.1. The maximum Gasteiger partial charge on any atom is 0.191 e. The molecule has 0 aliphatic heterocycles. The van der Waals surface area contributed by atoms with E-state index in [9.17, 15) is 0 Å². The quantitative estimate of drug-likeness (QED) is 0.381. The van der Waals surface area contributed by atoms with Crippen LogP contribution in [0.5, 0.6) is 5.75 Å². The summed E-state index contributed by atoms with van der Waals surface area (Å²) in [4.78, 5) is 4.65. The van der Waals surface area contributed by atoms with Crippen molar-refractivity contribution >= 4 is 29.9 Å². The summed E-state index contributed by atoms with van der Waals surface area (Å²) in [5.41, 5.74) is 3.41. The number of aryl methyl sites for hydroxylation is 2. The highest BCUT2D eigenvalue weighted by Crippen LogP contribution is 2.19. The number of benzene rings is 1. The van der Waals surface area contributed by atoms with E-state index in [1.807, 2.05) is 30.8 Å². The van der Waals surface area contributed by atoms with Gasteiger partial charge in [0.05, 0.1) is 25.4 Å². The Labute approximate surface area is 167 Å². The SMILES string of the molecule is CCNC(=NCc1ccc(OCC)c(C)c1)NCc1ccnn1C.I. The number of hydrogen-bond acceptors (Lipinski definition) is 3. The fraction of sp³-hybridized carbons (Fsp3) is 0.444. The van der Waals surface area contributed by atoms with E-state index >= 15 is 0 Å². The highest BCUT2D eigenvalue weighted by molar-refractivity contribution is 14.0. The first-order valence-electron chi connectivity index (χ1n) is 8.35. The zero-order chi connectivity index (χ0) is 17.4. The molecule has 0 bridgehead atoms. The standard InChI is InChI=1S/C18H27N5O.HI/c1-5-19-18(21-13-16-9-10-22-23(16)4)20-12-15-7-8-17(24-6-2)14(3)11-15;/h7-11H,5-6,12-13H2,1-4H3,(H2,19,20,21);1H. The van der Waals surface area contributed by atoms with E-state index in [0.717, 1.165) is 35.1 Å². The molecule has 138 valence electrons. The van der Waals surface area contributed by atoms with Crippen LogP contribution in [0.3, 0.4) is 0 Å². The molecule has 0 atom stereocenters. The van der Waals surface area contributed by atoms with Gasteiger partial charge in [-0.2, -0.15) is 5.10 Å². The third-order valence-electron chi connectivity index (χ3n) is 3.66. The maximum absolute atomic E-state index is 5.58. The Bertz CT molecular complexity index is 684. The second-order valence-electron chi connectivity index (χ2n) is 5.53. The first kappa shape index (κ1) is 21.3. The van der Waals surface area contributed by atoms with Crippen molar-refractivity contribution in [2.45, 2.75) is 33.9 Å². The third-order valence-corrected chi connectivity index (χ3v) is 3.66. The third kappa shape index (κ3) is 6.56. The number of nitrogens with one attached hydrogen (secondary N) is 2. The van der Waals surface area contributed by atoms with Crippen LogP contribution in [0, 0.1) is 6.92 Å². The summed E-state index contributed by atoms with van der Waals surface area (Å²) in [5, 5.41) is 10.8. The number of aliphatic imine (C=N–C) groups is 1. The molecule has 7 heteroatoms. The van der Waals surface area contributed by atoms with Crippen molar-refractivity contribution in [3.8, 4) is 5.75 Å². The van der Waals surface area contributed by atoms with Crippen molar-refractivity contribution in [3.05, 3.63) is 47.3 Å². The molecule has 0 aliphatic rings. The van der Waals surface area contributed by atoms with Gasteiger partial charge in [0.2, 0.25) is 0 Å². The smallest absolute Gasteiger partial charge is 0.191 e. The summed E-state index contributed by atoms with van der Waals surface area (Å²) < 4.78 is 7.43. The second-order valence-corrected chi connectivity index (χ2v) is 5.53. The zero-order valence-corrected chi connectivity index (χ0v) is 17.7. The normalized spacial score (nSPS) is 11.0. The molecule has 2 rings (SSSR count). The second kappa shape index (κ2) is 11.0. The molecule has 0 spiro atoms. The van der Waals surface area contributed by atoms with Crippen molar-refractivity contribution < 1.29 is 4.74 Å². The molecule has 1 heterocycles. The van der Waals surface area contributed by atoms with Gasteiger partial charge in [-0.3, -0.25) is 4.68 Å². The minimum atomic E-state index is 0. The predicted octanol–water partition coefficient (Wildman–Crippen LogP) is 3.00. The molecule has 25 heavy (non-hydrogen) atoms. The Kier molecular flexibility index (Phi) is 9.33. The van der Waals surface area contributed by atoms with Crippen molar-refractivity contribution in [2.24, 2.45) is 12.0 Å². The number of nitrogens with zero attached hydrogens (tertiary/aromatic N) is 3. The van der Waals surface area contributed by atoms with Gasteiger partial charge in [0, 0.05) is 19.8 Å². The maximum atomic E-state index is 5.58. The average molecular weight is 457 g/mol.